The van der Waals surface area contributed by atoms with Gasteiger partial charge in [0.25, 0.3) is 0 Å². The van der Waals surface area contributed by atoms with E-state index < -0.39 is 36.5 Å². The van der Waals surface area contributed by atoms with Gasteiger partial charge in [0.1, 0.15) is 6.10 Å². The summed E-state index contributed by atoms with van der Waals surface area (Å²) >= 11 is 0. The third-order valence-corrected chi connectivity index (χ3v) is 3.56. The van der Waals surface area contributed by atoms with Crippen molar-refractivity contribution in [2.45, 2.75) is 51.8 Å². The molecule has 1 aliphatic rings. The van der Waals surface area contributed by atoms with Gasteiger partial charge < -0.3 is 28.4 Å². The Labute approximate surface area is 157 Å². The Bertz CT molecular complexity index is 512. The largest absolute Gasteiger partial charge is 0.460 e. The molecular weight excluding hydrogens is 362 g/mol. The zero-order chi connectivity index (χ0) is 20.1. The van der Waals surface area contributed by atoms with Gasteiger partial charge in [-0.05, 0) is 12.5 Å². The topological polar surface area (TPSA) is 138 Å². The predicted octanol–water partition coefficient (Wildman–Crippen LogP) is 1.34. The molecule has 0 aliphatic carbocycles. The monoisotopic (exact) mass is 389 g/mol. The van der Waals surface area contributed by atoms with Gasteiger partial charge in [0.05, 0.1) is 39.1 Å². The molecule has 4 unspecified atom stereocenters. The van der Waals surface area contributed by atoms with Crippen molar-refractivity contribution in [1.29, 1.82) is 0 Å². The van der Waals surface area contributed by atoms with Gasteiger partial charge in [0.2, 0.25) is 0 Å². The first-order valence-corrected chi connectivity index (χ1v) is 8.72. The van der Waals surface area contributed by atoms with Crippen LogP contribution in [0.2, 0.25) is 0 Å². The first-order chi connectivity index (χ1) is 12.9. The molecule has 0 aromatic heterocycles. The highest BCUT2D eigenvalue weighted by Crippen LogP contribution is 2.26. The molecule has 0 radical (unpaired) electrons. The van der Waals surface area contributed by atoms with Crippen molar-refractivity contribution in [2.24, 2.45) is 5.11 Å². The molecule has 0 bridgehead atoms. The SMILES string of the molecule is CC(=O)OC1CC(OC(C)=O)C(OCCOCCOCCN=[N+]=[N-])OC1C. The number of nitrogens with zero attached hydrogens (tertiary/aromatic N) is 3. The number of azide groups is 1. The second-order valence-corrected chi connectivity index (χ2v) is 5.79. The van der Waals surface area contributed by atoms with Gasteiger partial charge in [-0.25, -0.2) is 0 Å². The van der Waals surface area contributed by atoms with Crippen LogP contribution in [0.25, 0.3) is 10.4 Å². The van der Waals surface area contributed by atoms with Crippen LogP contribution in [-0.2, 0) is 38.0 Å². The normalized spacial score (nSPS) is 24.7. The molecule has 1 heterocycles. The average Bonchev–Trinajstić information content (AvgIpc) is 2.59. The lowest BCUT2D eigenvalue weighted by Gasteiger charge is -2.38. The Morgan fingerprint density at radius 3 is 2.26 bits per heavy atom. The van der Waals surface area contributed by atoms with Crippen molar-refractivity contribution in [3.8, 4) is 0 Å². The fourth-order valence-corrected chi connectivity index (χ4v) is 2.43. The summed E-state index contributed by atoms with van der Waals surface area (Å²) in [7, 11) is 0. The molecule has 1 rings (SSSR count). The maximum absolute atomic E-state index is 11.3. The fraction of sp³-hybridized carbons (Fsp3) is 0.875. The second kappa shape index (κ2) is 13.3. The van der Waals surface area contributed by atoms with Crippen molar-refractivity contribution in [3.63, 3.8) is 0 Å². The van der Waals surface area contributed by atoms with Crippen LogP contribution in [0.1, 0.15) is 27.2 Å². The van der Waals surface area contributed by atoms with Gasteiger partial charge in [-0.15, -0.1) is 0 Å². The van der Waals surface area contributed by atoms with Crippen LogP contribution >= 0.6 is 0 Å². The Morgan fingerprint density at radius 1 is 1.04 bits per heavy atom. The molecule has 0 spiro atoms. The highest BCUT2D eigenvalue weighted by molar-refractivity contribution is 5.66. The molecule has 1 aliphatic heterocycles. The first-order valence-electron chi connectivity index (χ1n) is 8.72. The zero-order valence-electron chi connectivity index (χ0n) is 15.9. The quantitative estimate of drug-likeness (QED) is 0.160. The third kappa shape index (κ3) is 10.1. The van der Waals surface area contributed by atoms with Gasteiger partial charge in [0.15, 0.2) is 12.4 Å². The molecule has 11 heteroatoms. The number of esters is 2. The maximum atomic E-state index is 11.3. The molecule has 0 saturated carbocycles. The van der Waals surface area contributed by atoms with Crippen molar-refractivity contribution < 1.29 is 38.0 Å². The number of rotatable bonds is 12. The number of hydrogen-bond acceptors (Lipinski definition) is 9. The van der Waals surface area contributed by atoms with E-state index in [1.165, 1.54) is 13.8 Å². The maximum Gasteiger partial charge on any atom is 0.303 e. The smallest absolute Gasteiger partial charge is 0.303 e. The minimum atomic E-state index is -0.764. The van der Waals surface area contributed by atoms with E-state index in [1.807, 2.05) is 0 Å². The van der Waals surface area contributed by atoms with Crippen LogP contribution < -0.4 is 0 Å². The van der Waals surface area contributed by atoms with Gasteiger partial charge in [-0.1, -0.05) is 5.11 Å². The van der Waals surface area contributed by atoms with E-state index in [0.717, 1.165) is 0 Å². The first kappa shape index (κ1) is 23.1. The number of ether oxygens (including phenoxy) is 6. The summed E-state index contributed by atoms with van der Waals surface area (Å²) in [6, 6.07) is 0. The standard InChI is InChI=1S/C16H27N3O8/c1-11-14(26-12(2)20)10-15(27-13(3)21)16(25-11)24-9-8-23-7-6-22-5-4-18-19-17/h11,14-16H,4-10H2,1-3H3. The molecule has 1 saturated heterocycles. The summed E-state index contributed by atoms with van der Waals surface area (Å²) in [5.41, 5.74) is 8.11. The minimum Gasteiger partial charge on any atom is -0.460 e. The molecule has 0 N–H and O–H groups in total. The van der Waals surface area contributed by atoms with Crippen LogP contribution in [0, 0.1) is 0 Å². The van der Waals surface area contributed by atoms with E-state index in [0.29, 0.717) is 32.8 Å². The van der Waals surface area contributed by atoms with Crippen LogP contribution in [0.4, 0.5) is 0 Å². The Kier molecular flexibility index (Phi) is 11.4. The van der Waals surface area contributed by atoms with Crippen LogP contribution in [0.15, 0.2) is 5.11 Å². The van der Waals surface area contributed by atoms with E-state index in [-0.39, 0.29) is 13.2 Å². The summed E-state index contributed by atoms with van der Waals surface area (Å²) in [5.74, 6) is -0.895. The summed E-state index contributed by atoms with van der Waals surface area (Å²) in [4.78, 5) is 25.1. The zero-order valence-corrected chi connectivity index (χ0v) is 15.9. The lowest BCUT2D eigenvalue weighted by molar-refractivity contribution is -0.270. The van der Waals surface area contributed by atoms with Crippen molar-refractivity contribution in [1.82, 2.24) is 0 Å². The van der Waals surface area contributed by atoms with Gasteiger partial charge in [-0.3, -0.25) is 9.59 Å². The highest BCUT2D eigenvalue weighted by Gasteiger charge is 2.40. The highest BCUT2D eigenvalue weighted by atomic mass is 16.7. The van der Waals surface area contributed by atoms with E-state index in [1.54, 1.807) is 6.92 Å². The Morgan fingerprint density at radius 2 is 1.63 bits per heavy atom. The average molecular weight is 389 g/mol. The lowest BCUT2D eigenvalue weighted by Crippen LogP contribution is -2.50. The second-order valence-electron chi connectivity index (χ2n) is 5.79. The minimum absolute atomic E-state index is 0.228. The summed E-state index contributed by atoms with van der Waals surface area (Å²) in [6.07, 6.45) is -2.04. The van der Waals surface area contributed by atoms with Crippen molar-refractivity contribution in [2.75, 3.05) is 39.6 Å². The summed E-state index contributed by atoms with van der Waals surface area (Å²) in [6.45, 7) is 6.25. The van der Waals surface area contributed by atoms with Gasteiger partial charge in [-0.2, -0.15) is 0 Å². The van der Waals surface area contributed by atoms with E-state index >= 15 is 0 Å². The Hall–Kier alpha value is -1.91. The van der Waals surface area contributed by atoms with Crippen LogP contribution in [-0.4, -0.2) is 76.1 Å². The van der Waals surface area contributed by atoms with E-state index in [9.17, 15) is 9.59 Å². The lowest BCUT2D eigenvalue weighted by atomic mass is 10.0. The molecule has 0 aromatic carbocycles. The van der Waals surface area contributed by atoms with Gasteiger partial charge in [0, 0.05) is 31.7 Å². The number of carbonyl (C=O) groups excluding carboxylic acids is 2. The predicted molar refractivity (Wildman–Crippen MR) is 91.7 cm³/mol. The molecular formula is C16H27N3O8. The molecule has 154 valence electrons. The Balaban J connectivity index is 2.29. The molecule has 0 aromatic rings. The van der Waals surface area contributed by atoms with Crippen LogP contribution in [0.5, 0.6) is 0 Å². The summed E-state index contributed by atoms with van der Waals surface area (Å²) in [5, 5.41) is 3.34. The van der Waals surface area contributed by atoms with Crippen molar-refractivity contribution in [3.05, 3.63) is 10.4 Å². The fourth-order valence-electron chi connectivity index (χ4n) is 2.43. The molecule has 27 heavy (non-hydrogen) atoms. The number of hydrogen-bond donors (Lipinski definition) is 0. The molecule has 11 nitrogen and oxygen atoms in total. The van der Waals surface area contributed by atoms with E-state index in [4.69, 9.17) is 34.0 Å². The van der Waals surface area contributed by atoms with Crippen molar-refractivity contribution >= 4 is 11.9 Å². The van der Waals surface area contributed by atoms with Gasteiger partial charge >= 0.3 is 11.9 Å². The molecule has 0 amide bonds. The van der Waals surface area contributed by atoms with E-state index in [2.05, 4.69) is 10.0 Å². The molecule has 4 atom stereocenters. The summed E-state index contributed by atoms with van der Waals surface area (Å²) < 4.78 is 32.3. The molecule has 1 fully saturated rings. The third-order valence-electron chi connectivity index (χ3n) is 3.56. The van der Waals surface area contributed by atoms with Crippen LogP contribution in [0.3, 0.4) is 0 Å². The number of carbonyl (C=O) groups is 2.